The van der Waals surface area contributed by atoms with Gasteiger partial charge in [-0.1, -0.05) is 0 Å². The maximum Gasteiger partial charge on any atom is 0.0550 e. The molecule has 0 spiro atoms. The first kappa shape index (κ1) is 9.81. The number of nitrogen functional groups attached to an aromatic ring is 2. The Bertz CT molecular complexity index is 425. The molecule has 2 nitrogen and oxygen atoms in total. The van der Waals surface area contributed by atoms with Crippen LogP contribution < -0.4 is 11.5 Å². The number of nitrogens with two attached hydrogens (primary N) is 2. The summed E-state index contributed by atoms with van der Waals surface area (Å²) in [7, 11) is 0. The van der Waals surface area contributed by atoms with Crippen molar-refractivity contribution in [2.24, 2.45) is 11.8 Å². The number of hydrogen-bond donors (Lipinski definition) is 2. The minimum atomic E-state index is 0.768. The van der Waals surface area contributed by atoms with E-state index in [0.717, 1.165) is 35.0 Å². The van der Waals surface area contributed by atoms with E-state index >= 15 is 0 Å². The molecule has 4 aliphatic rings. The van der Waals surface area contributed by atoms with Crippen LogP contribution in [0.4, 0.5) is 11.4 Å². The monoisotopic (exact) mass is 228 g/mol. The van der Waals surface area contributed by atoms with Crippen molar-refractivity contribution in [1.29, 1.82) is 0 Å². The van der Waals surface area contributed by atoms with Crippen molar-refractivity contribution < 1.29 is 0 Å². The summed E-state index contributed by atoms with van der Waals surface area (Å²) in [5.74, 6) is 3.47. The molecule has 0 aliphatic heterocycles. The summed E-state index contributed by atoms with van der Waals surface area (Å²) < 4.78 is 0. The van der Waals surface area contributed by atoms with Crippen LogP contribution in [0, 0.1) is 11.8 Å². The molecule has 17 heavy (non-hydrogen) atoms. The van der Waals surface area contributed by atoms with Gasteiger partial charge in [0.2, 0.25) is 0 Å². The third kappa shape index (κ3) is 1.33. The van der Waals surface area contributed by atoms with Crippen LogP contribution in [0.1, 0.15) is 55.1 Å². The Hall–Kier alpha value is -1.18. The summed E-state index contributed by atoms with van der Waals surface area (Å²) in [4.78, 5) is 0. The Morgan fingerprint density at radius 1 is 0.706 bits per heavy atom. The molecule has 2 heteroatoms. The minimum absolute atomic E-state index is 0.768. The first-order valence-corrected chi connectivity index (χ1v) is 6.89. The Morgan fingerprint density at radius 2 is 1.12 bits per heavy atom. The van der Waals surface area contributed by atoms with Crippen LogP contribution >= 0.6 is 0 Å². The fraction of sp³-hybridized carbons (Fsp3) is 0.600. The summed E-state index contributed by atoms with van der Waals surface area (Å²) >= 11 is 0. The highest BCUT2D eigenvalue weighted by molar-refractivity contribution is 5.67. The molecule has 0 aromatic heterocycles. The quantitative estimate of drug-likeness (QED) is 0.670. The van der Waals surface area contributed by atoms with Crippen LogP contribution in [0.25, 0.3) is 0 Å². The molecule has 1 aromatic carbocycles. The second-order valence-corrected chi connectivity index (χ2v) is 6.41. The molecule has 0 unspecified atom stereocenters. The highest BCUT2D eigenvalue weighted by Crippen LogP contribution is 2.56. The molecule has 0 atom stereocenters. The van der Waals surface area contributed by atoms with Gasteiger partial charge in [0.05, 0.1) is 11.4 Å². The fourth-order valence-corrected chi connectivity index (χ4v) is 4.73. The SMILES string of the molecule is Nc1cc2c(cc1N)C1CC3CC(CC2C3)C1. The molecule has 0 saturated heterocycles. The Kier molecular flexibility index (Phi) is 1.84. The second kappa shape index (κ2) is 3.18. The van der Waals surface area contributed by atoms with Gasteiger partial charge in [-0.05, 0) is 79.0 Å². The highest BCUT2D eigenvalue weighted by atomic mass is 14.7. The van der Waals surface area contributed by atoms with Crippen LogP contribution in [0.2, 0.25) is 0 Å². The molecular weight excluding hydrogens is 208 g/mol. The van der Waals surface area contributed by atoms with Gasteiger partial charge in [0.25, 0.3) is 0 Å². The van der Waals surface area contributed by atoms with E-state index in [2.05, 4.69) is 12.1 Å². The molecule has 90 valence electrons. The highest BCUT2D eigenvalue weighted by Gasteiger charge is 2.42. The summed E-state index contributed by atoms with van der Waals surface area (Å²) in [6.07, 6.45) is 7.05. The molecule has 2 saturated carbocycles. The molecule has 2 fully saturated rings. The van der Waals surface area contributed by atoms with Gasteiger partial charge in [-0.2, -0.15) is 0 Å². The zero-order chi connectivity index (χ0) is 11.6. The normalized spacial score (nSPS) is 37.9. The van der Waals surface area contributed by atoms with Crippen molar-refractivity contribution in [1.82, 2.24) is 0 Å². The van der Waals surface area contributed by atoms with Crippen molar-refractivity contribution in [3.05, 3.63) is 23.3 Å². The minimum Gasteiger partial charge on any atom is -0.397 e. The van der Waals surface area contributed by atoms with Crippen LogP contribution in [0.3, 0.4) is 0 Å². The molecule has 0 radical (unpaired) electrons. The van der Waals surface area contributed by atoms with Crippen molar-refractivity contribution >= 4 is 11.4 Å². The van der Waals surface area contributed by atoms with Gasteiger partial charge in [-0.15, -0.1) is 0 Å². The van der Waals surface area contributed by atoms with E-state index in [4.69, 9.17) is 11.5 Å². The van der Waals surface area contributed by atoms with Crippen LogP contribution in [-0.2, 0) is 0 Å². The lowest BCUT2D eigenvalue weighted by atomic mass is 9.67. The van der Waals surface area contributed by atoms with E-state index in [1.807, 2.05) is 0 Å². The average molecular weight is 228 g/mol. The van der Waals surface area contributed by atoms with E-state index in [9.17, 15) is 0 Å². The van der Waals surface area contributed by atoms with Crippen LogP contribution in [0.15, 0.2) is 12.1 Å². The van der Waals surface area contributed by atoms with E-state index in [-0.39, 0.29) is 0 Å². The molecule has 1 aromatic rings. The number of anilines is 2. The fourth-order valence-electron chi connectivity index (χ4n) is 4.73. The summed E-state index contributed by atoms with van der Waals surface area (Å²) in [6, 6.07) is 4.36. The summed E-state index contributed by atoms with van der Waals surface area (Å²) in [6.45, 7) is 0. The predicted octanol–water partition coefficient (Wildman–Crippen LogP) is 3.24. The number of rotatable bonds is 0. The Balaban J connectivity index is 1.92. The number of hydrogen-bond acceptors (Lipinski definition) is 2. The first-order chi connectivity index (χ1) is 8.20. The van der Waals surface area contributed by atoms with Crippen LogP contribution in [-0.4, -0.2) is 0 Å². The smallest absolute Gasteiger partial charge is 0.0550 e. The van der Waals surface area contributed by atoms with E-state index < -0.39 is 0 Å². The summed E-state index contributed by atoms with van der Waals surface area (Å²) in [5, 5.41) is 0. The molecule has 4 aliphatic carbocycles. The zero-order valence-corrected chi connectivity index (χ0v) is 10.2. The average Bonchev–Trinajstić information content (AvgIpc) is 2.44. The van der Waals surface area contributed by atoms with Crippen molar-refractivity contribution in [3.63, 3.8) is 0 Å². The maximum atomic E-state index is 6.00. The summed E-state index contributed by atoms with van der Waals surface area (Å²) in [5.41, 5.74) is 16.6. The van der Waals surface area contributed by atoms with Gasteiger partial charge in [0.1, 0.15) is 0 Å². The van der Waals surface area contributed by atoms with Gasteiger partial charge < -0.3 is 11.5 Å². The lowest BCUT2D eigenvalue weighted by Gasteiger charge is -2.38. The van der Waals surface area contributed by atoms with E-state index in [0.29, 0.717) is 0 Å². The second-order valence-electron chi connectivity index (χ2n) is 6.41. The Morgan fingerprint density at radius 3 is 1.53 bits per heavy atom. The molecule has 0 amide bonds. The van der Waals surface area contributed by atoms with Crippen molar-refractivity contribution in [3.8, 4) is 0 Å². The Labute approximate surface area is 102 Å². The van der Waals surface area contributed by atoms with Gasteiger partial charge in [0, 0.05) is 0 Å². The molecule has 0 heterocycles. The van der Waals surface area contributed by atoms with Gasteiger partial charge >= 0.3 is 0 Å². The molecular formula is C15H20N2. The number of benzene rings is 1. The lowest BCUT2D eigenvalue weighted by molar-refractivity contribution is 0.166. The first-order valence-electron chi connectivity index (χ1n) is 6.89. The predicted molar refractivity (Wildman–Crippen MR) is 70.8 cm³/mol. The standard InChI is InChI=1S/C15H20N2/c16-14-6-12-10-2-8-1-9(4-10)5-11(3-8)13(12)7-15(14)17/h6-11H,1-5,16-17H2. The molecule has 5 rings (SSSR count). The third-order valence-corrected chi connectivity index (χ3v) is 5.31. The van der Waals surface area contributed by atoms with Gasteiger partial charge in [-0.3, -0.25) is 0 Å². The van der Waals surface area contributed by atoms with Crippen molar-refractivity contribution in [2.75, 3.05) is 11.5 Å². The lowest BCUT2D eigenvalue weighted by Crippen LogP contribution is -2.25. The van der Waals surface area contributed by atoms with Crippen molar-refractivity contribution in [2.45, 2.75) is 43.9 Å². The maximum absolute atomic E-state index is 6.00. The molecule has 4 N–H and O–H groups in total. The third-order valence-electron chi connectivity index (χ3n) is 5.31. The zero-order valence-electron chi connectivity index (χ0n) is 10.2. The van der Waals surface area contributed by atoms with E-state index in [1.54, 1.807) is 0 Å². The molecule has 4 bridgehead atoms. The topological polar surface area (TPSA) is 52.0 Å². The van der Waals surface area contributed by atoms with Gasteiger partial charge in [0.15, 0.2) is 0 Å². The van der Waals surface area contributed by atoms with Crippen LogP contribution in [0.5, 0.6) is 0 Å². The van der Waals surface area contributed by atoms with Gasteiger partial charge in [-0.25, -0.2) is 0 Å². The van der Waals surface area contributed by atoms with E-state index in [1.165, 1.54) is 43.2 Å². The largest absolute Gasteiger partial charge is 0.397 e.